The highest BCUT2D eigenvalue weighted by molar-refractivity contribution is 5.22. The summed E-state index contributed by atoms with van der Waals surface area (Å²) in [5.41, 5.74) is 0.873. The van der Waals surface area contributed by atoms with E-state index in [-0.39, 0.29) is 6.42 Å². The Morgan fingerprint density at radius 2 is 1.90 bits per heavy atom. The zero-order valence-electron chi connectivity index (χ0n) is 11.1. The smallest absolute Gasteiger partial charge is 0.200 e. The fourth-order valence-corrected chi connectivity index (χ4v) is 1.80. The second kappa shape index (κ2) is 6.49. The number of nitrogens with zero attached hydrogens (tertiary/aromatic N) is 2. The lowest BCUT2D eigenvalue weighted by Gasteiger charge is -2.13. The van der Waals surface area contributed by atoms with Gasteiger partial charge in [0.05, 0.1) is 5.69 Å². The van der Waals surface area contributed by atoms with Gasteiger partial charge in [0.25, 0.3) is 0 Å². The molecule has 6 heteroatoms. The molecular formula is C14H14F2N2O2. The molecule has 1 aromatic heterocycles. The Morgan fingerprint density at radius 3 is 2.55 bits per heavy atom. The molecule has 2 aromatic rings. The summed E-state index contributed by atoms with van der Waals surface area (Å²) in [6, 6.07) is 5.08. The Morgan fingerprint density at radius 1 is 1.15 bits per heavy atom. The van der Waals surface area contributed by atoms with Crippen LogP contribution in [0.15, 0.2) is 30.5 Å². The van der Waals surface area contributed by atoms with E-state index in [1.165, 1.54) is 26.4 Å². The van der Waals surface area contributed by atoms with Crippen LogP contribution in [0.4, 0.5) is 8.78 Å². The highest BCUT2D eigenvalue weighted by Gasteiger charge is 2.13. The molecule has 0 aliphatic carbocycles. The molecule has 0 radical (unpaired) electrons. The lowest BCUT2D eigenvalue weighted by molar-refractivity contribution is -0.108. The van der Waals surface area contributed by atoms with Crippen molar-refractivity contribution in [3.8, 4) is 0 Å². The fraction of sp³-hybridized carbons (Fsp3) is 0.286. The number of aromatic nitrogens is 2. The Labute approximate surface area is 115 Å². The molecule has 0 spiro atoms. The van der Waals surface area contributed by atoms with Gasteiger partial charge in [0, 0.05) is 32.9 Å². The molecule has 1 aromatic carbocycles. The first-order valence-electron chi connectivity index (χ1n) is 5.95. The van der Waals surface area contributed by atoms with Gasteiger partial charge in [-0.05, 0) is 17.7 Å². The van der Waals surface area contributed by atoms with Gasteiger partial charge in [-0.15, -0.1) is 0 Å². The van der Waals surface area contributed by atoms with E-state index in [0.717, 1.165) is 6.07 Å². The zero-order chi connectivity index (χ0) is 14.5. The largest absolute Gasteiger partial charge is 0.350 e. The average molecular weight is 280 g/mol. The van der Waals surface area contributed by atoms with Gasteiger partial charge in [0.1, 0.15) is 17.5 Å². The lowest BCUT2D eigenvalue weighted by atomic mass is 10.1. The van der Waals surface area contributed by atoms with Crippen LogP contribution < -0.4 is 0 Å². The Balaban J connectivity index is 2.23. The van der Waals surface area contributed by atoms with Crippen LogP contribution in [-0.2, 0) is 15.9 Å². The van der Waals surface area contributed by atoms with Crippen LogP contribution in [-0.4, -0.2) is 24.2 Å². The third-order valence-corrected chi connectivity index (χ3v) is 2.76. The van der Waals surface area contributed by atoms with Gasteiger partial charge in [0.2, 0.25) is 6.29 Å². The van der Waals surface area contributed by atoms with Gasteiger partial charge in [-0.1, -0.05) is 6.07 Å². The van der Waals surface area contributed by atoms with E-state index < -0.39 is 17.9 Å². The van der Waals surface area contributed by atoms with E-state index in [0.29, 0.717) is 17.1 Å². The van der Waals surface area contributed by atoms with Crippen LogP contribution in [0.3, 0.4) is 0 Å². The van der Waals surface area contributed by atoms with Gasteiger partial charge in [-0.2, -0.15) is 0 Å². The lowest BCUT2D eigenvalue weighted by Crippen LogP contribution is -2.09. The predicted molar refractivity (Wildman–Crippen MR) is 68.0 cm³/mol. The normalized spacial score (nSPS) is 11.1. The third kappa shape index (κ3) is 3.34. The number of hydrogen-bond donors (Lipinski definition) is 0. The molecular weight excluding hydrogens is 266 g/mol. The van der Waals surface area contributed by atoms with Crippen LogP contribution in [0.1, 0.15) is 23.4 Å². The monoisotopic (exact) mass is 280 g/mol. The van der Waals surface area contributed by atoms with Crippen molar-refractivity contribution in [3.05, 3.63) is 59.2 Å². The Kier molecular flexibility index (Phi) is 4.70. The number of ether oxygens (including phenoxy) is 2. The minimum atomic E-state index is -0.617. The summed E-state index contributed by atoms with van der Waals surface area (Å²) in [4.78, 5) is 8.32. The van der Waals surface area contributed by atoms with E-state index in [1.54, 1.807) is 12.3 Å². The van der Waals surface area contributed by atoms with E-state index in [9.17, 15) is 8.78 Å². The second-order valence-electron chi connectivity index (χ2n) is 4.11. The van der Waals surface area contributed by atoms with Crippen LogP contribution in [0, 0.1) is 11.6 Å². The molecule has 20 heavy (non-hydrogen) atoms. The minimum Gasteiger partial charge on any atom is -0.350 e. The van der Waals surface area contributed by atoms with Crippen molar-refractivity contribution >= 4 is 0 Å². The van der Waals surface area contributed by atoms with Crippen molar-refractivity contribution in [2.24, 2.45) is 0 Å². The summed E-state index contributed by atoms with van der Waals surface area (Å²) >= 11 is 0. The first kappa shape index (κ1) is 14.5. The molecule has 0 fully saturated rings. The van der Waals surface area contributed by atoms with Crippen molar-refractivity contribution in [1.29, 1.82) is 0 Å². The molecule has 0 aliphatic rings. The van der Waals surface area contributed by atoms with Crippen molar-refractivity contribution in [3.63, 3.8) is 0 Å². The van der Waals surface area contributed by atoms with Gasteiger partial charge in [0.15, 0.2) is 0 Å². The summed E-state index contributed by atoms with van der Waals surface area (Å²) in [5, 5.41) is 0. The maximum Gasteiger partial charge on any atom is 0.200 e. The molecule has 0 unspecified atom stereocenters. The van der Waals surface area contributed by atoms with Gasteiger partial charge < -0.3 is 9.47 Å². The quantitative estimate of drug-likeness (QED) is 0.790. The summed E-state index contributed by atoms with van der Waals surface area (Å²) in [6.07, 6.45) is 1.11. The number of benzene rings is 1. The van der Waals surface area contributed by atoms with Gasteiger partial charge in [-0.25, -0.2) is 18.7 Å². The average Bonchev–Trinajstić information content (AvgIpc) is 2.44. The zero-order valence-corrected chi connectivity index (χ0v) is 11.1. The van der Waals surface area contributed by atoms with Crippen LogP contribution in [0.2, 0.25) is 0 Å². The van der Waals surface area contributed by atoms with E-state index in [4.69, 9.17) is 9.47 Å². The van der Waals surface area contributed by atoms with Crippen LogP contribution >= 0.6 is 0 Å². The summed E-state index contributed by atoms with van der Waals surface area (Å²) in [5.74, 6) is -0.819. The van der Waals surface area contributed by atoms with Crippen molar-refractivity contribution in [2.75, 3.05) is 14.2 Å². The molecule has 2 rings (SSSR count). The maximum atomic E-state index is 13.6. The first-order chi connectivity index (χ1) is 9.63. The SMILES string of the molecule is COC(OC)c1ccnc(Cc2ccc(F)cc2F)n1. The molecule has 0 atom stereocenters. The Hall–Kier alpha value is -1.92. The molecule has 0 N–H and O–H groups in total. The molecule has 4 nitrogen and oxygen atoms in total. The molecule has 0 aliphatic heterocycles. The molecule has 106 valence electrons. The minimum absolute atomic E-state index is 0.167. The number of rotatable bonds is 5. The summed E-state index contributed by atoms with van der Waals surface area (Å²) in [7, 11) is 2.99. The molecule has 0 bridgehead atoms. The maximum absolute atomic E-state index is 13.6. The summed E-state index contributed by atoms with van der Waals surface area (Å²) in [6.45, 7) is 0. The molecule has 0 saturated carbocycles. The Bertz CT molecular complexity index is 589. The number of methoxy groups -OCH3 is 2. The van der Waals surface area contributed by atoms with Crippen LogP contribution in [0.25, 0.3) is 0 Å². The topological polar surface area (TPSA) is 44.2 Å². The second-order valence-corrected chi connectivity index (χ2v) is 4.11. The van der Waals surface area contributed by atoms with Gasteiger partial charge in [-0.3, -0.25) is 0 Å². The van der Waals surface area contributed by atoms with Gasteiger partial charge >= 0.3 is 0 Å². The molecule has 0 amide bonds. The van der Waals surface area contributed by atoms with Crippen molar-refractivity contribution in [2.45, 2.75) is 12.7 Å². The first-order valence-corrected chi connectivity index (χ1v) is 5.95. The molecule has 1 heterocycles. The number of hydrogen-bond acceptors (Lipinski definition) is 4. The van der Waals surface area contributed by atoms with E-state index >= 15 is 0 Å². The van der Waals surface area contributed by atoms with Crippen molar-refractivity contribution < 1.29 is 18.3 Å². The van der Waals surface area contributed by atoms with Crippen LogP contribution in [0.5, 0.6) is 0 Å². The van der Waals surface area contributed by atoms with Crippen molar-refractivity contribution in [1.82, 2.24) is 9.97 Å². The third-order valence-electron chi connectivity index (χ3n) is 2.76. The highest BCUT2D eigenvalue weighted by Crippen LogP contribution is 2.16. The van der Waals surface area contributed by atoms with E-state index in [1.807, 2.05) is 0 Å². The fourth-order valence-electron chi connectivity index (χ4n) is 1.80. The highest BCUT2D eigenvalue weighted by atomic mass is 19.1. The summed E-state index contributed by atoms with van der Waals surface area (Å²) < 4.78 is 36.6. The molecule has 0 saturated heterocycles. The standard InChI is InChI=1S/C14H14F2N2O2/c1-19-14(20-2)12-5-6-17-13(18-12)7-9-3-4-10(15)8-11(9)16/h3-6,8,14H,7H2,1-2H3. The number of halogens is 2. The van der Waals surface area contributed by atoms with E-state index in [2.05, 4.69) is 9.97 Å². The predicted octanol–water partition coefficient (Wildman–Crippen LogP) is 2.64.